The number of hydrogen-bond donors (Lipinski definition) is 1. The molecule has 0 saturated heterocycles. The van der Waals surface area contributed by atoms with E-state index in [1.165, 1.54) is 101 Å². The van der Waals surface area contributed by atoms with Crippen LogP contribution in [-0.4, -0.2) is 118 Å². The van der Waals surface area contributed by atoms with Gasteiger partial charge in [-0.3, -0.25) is 19.1 Å². The highest BCUT2D eigenvalue weighted by molar-refractivity contribution is 5.67. The van der Waals surface area contributed by atoms with Crippen molar-refractivity contribution in [3.63, 3.8) is 0 Å². The van der Waals surface area contributed by atoms with Gasteiger partial charge in [0.15, 0.2) is 0 Å². The third-order valence-electron chi connectivity index (χ3n) is 20.3. The van der Waals surface area contributed by atoms with Crippen molar-refractivity contribution in [2.24, 2.45) is 0 Å². The molecule has 0 amide bonds. The van der Waals surface area contributed by atoms with Crippen LogP contribution in [0.25, 0.3) is 0 Å². The molecule has 0 heterocycles. The maximum absolute atomic E-state index is 14.0. The summed E-state index contributed by atoms with van der Waals surface area (Å²) in [6, 6.07) is 41.4. The zero-order valence-corrected chi connectivity index (χ0v) is 76.4. The van der Waals surface area contributed by atoms with Crippen LogP contribution in [-0.2, 0) is 127 Å². The van der Waals surface area contributed by atoms with Gasteiger partial charge < -0.3 is 85.6 Å². The molecular weight excluding hydrogens is 1820 g/mol. The molecule has 0 saturated carbocycles. The normalized spacial score (nSPS) is 11.2. The lowest BCUT2D eigenvalue weighted by Crippen LogP contribution is -2.17. The largest absolute Gasteiger partial charge is 0.522 e. The van der Waals surface area contributed by atoms with Crippen LogP contribution in [0.4, 0.5) is 43.9 Å². The van der Waals surface area contributed by atoms with E-state index in [-0.39, 0.29) is 221 Å². The van der Waals surface area contributed by atoms with E-state index in [0.717, 1.165) is 54.9 Å². The van der Waals surface area contributed by atoms with Gasteiger partial charge in [0, 0.05) is 72.6 Å². The fourth-order valence-electron chi connectivity index (χ4n) is 12.1. The van der Waals surface area contributed by atoms with Gasteiger partial charge in [-0.15, -0.1) is 26.3 Å². The molecule has 22 nitrogen and oxygen atoms in total. The monoisotopic (exact) mass is 1970 g/mol. The Morgan fingerprint density at radius 1 is 0.370 bits per heavy atom. The standard InChI is InChI=1S/C26H35F3O6.C25H31FO4.C24H30O7.C23H26F6O5.8CH4/c1-6-25(2,3)21-7-9-23(10-8-21)34-11-12-35-24-19(15-32-17-30-4)13-22(26(27,28)29)14-20(24)16-33-18-31-5;1-6-25(4,5)21-9-11-23(12-10-21)29-13-14-30-24-19(17-27-7-2)15-22(26)16-20(24)18-28-8-3;1-5-16(2)19-6-8-23(9-7-19)28-10-11-29-24-20(14-30-17(3)25)12-22(27)13-21(24)15-31-18(4)26;1-4-15(2)16-5-7-19(8-6-16)31-9-10-32-21-17(13-33-22(24,25)26)11-20(30-3)12-18(21)14-34-23(27,28)29;;;;;;;;/h7-10,13-14H,6,11-12,15-18H2,1-5H3;7-12,15-16H,2-3,6,13-14,17-18H2,1,4-5H3;6-9,12-13,16,27H,5,10-11,14-15H2,1-4H3;5-8,11-12,15H,4,9-10,13-14H2,1-3H3;8*1H4. The Morgan fingerprint density at radius 2 is 0.645 bits per heavy atom. The fourth-order valence-corrected chi connectivity index (χ4v) is 12.1. The number of halogens is 10. The second-order valence-corrected chi connectivity index (χ2v) is 30.6. The van der Waals surface area contributed by atoms with Crippen LogP contribution in [0.5, 0.6) is 57.5 Å². The summed E-state index contributed by atoms with van der Waals surface area (Å²) in [4.78, 5) is 22.4. The number of phenolic OH excluding ortho intramolecular Hbond substituents is 1. The summed E-state index contributed by atoms with van der Waals surface area (Å²) >= 11 is 0. The number of esters is 2. The van der Waals surface area contributed by atoms with Gasteiger partial charge in [0.2, 0.25) is 0 Å². The van der Waals surface area contributed by atoms with Gasteiger partial charge >= 0.3 is 30.8 Å². The number of methoxy groups -OCH3 is 3. The molecular formula is C106H154F10O22. The number of carbonyl (C=O) groups is 2. The van der Waals surface area contributed by atoms with Crippen LogP contribution in [0.15, 0.2) is 171 Å². The molecule has 0 spiro atoms. The van der Waals surface area contributed by atoms with Crippen molar-refractivity contribution in [1.29, 1.82) is 0 Å². The molecule has 138 heavy (non-hydrogen) atoms. The highest BCUT2D eigenvalue weighted by atomic mass is 19.4. The lowest BCUT2D eigenvalue weighted by Gasteiger charge is -2.23. The summed E-state index contributed by atoms with van der Waals surface area (Å²) in [5.41, 5.74) is 6.54. The molecule has 780 valence electrons. The summed E-state index contributed by atoms with van der Waals surface area (Å²) in [5, 5.41) is 9.99. The molecule has 32 heteroatoms. The number of aromatic hydroxyl groups is 1. The van der Waals surface area contributed by atoms with Crippen molar-refractivity contribution in [2.75, 3.05) is 87.8 Å². The van der Waals surface area contributed by atoms with Gasteiger partial charge in [-0.05, 0) is 168 Å². The van der Waals surface area contributed by atoms with Gasteiger partial charge in [0.25, 0.3) is 0 Å². The second-order valence-electron chi connectivity index (χ2n) is 30.6. The van der Waals surface area contributed by atoms with Gasteiger partial charge in [-0.2, -0.15) is 13.2 Å². The van der Waals surface area contributed by atoms with E-state index in [1.807, 2.05) is 60.7 Å². The van der Waals surface area contributed by atoms with E-state index in [9.17, 15) is 58.6 Å². The minimum absolute atomic E-state index is 0. The van der Waals surface area contributed by atoms with E-state index < -0.39 is 49.6 Å². The average Bonchev–Trinajstić information content (AvgIpc) is 0.805. The highest BCUT2D eigenvalue weighted by Crippen LogP contribution is 2.40. The molecule has 0 aliphatic heterocycles. The maximum atomic E-state index is 14.0. The Hall–Kier alpha value is -11.2. The molecule has 0 aromatic heterocycles. The van der Waals surface area contributed by atoms with Crippen molar-refractivity contribution in [2.45, 2.75) is 263 Å². The topological polar surface area (TPSA) is 230 Å². The molecule has 0 aliphatic carbocycles. The minimum Gasteiger partial charge on any atom is -0.508 e. The zero-order chi connectivity index (χ0) is 96.0. The first-order valence-electron chi connectivity index (χ1n) is 42.0. The molecule has 8 rings (SSSR count). The summed E-state index contributed by atoms with van der Waals surface area (Å²) in [6.07, 6.45) is -7.69. The van der Waals surface area contributed by atoms with E-state index in [0.29, 0.717) is 63.7 Å². The molecule has 0 fully saturated rings. The molecule has 8 aromatic carbocycles. The Bertz CT molecular complexity index is 4540. The first-order chi connectivity index (χ1) is 61.7. The second kappa shape index (κ2) is 68.0. The Morgan fingerprint density at radius 3 is 0.899 bits per heavy atom. The quantitative estimate of drug-likeness (QED) is 0.0123. The van der Waals surface area contributed by atoms with Crippen LogP contribution < -0.4 is 42.6 Å². The van der Waals surface area contributed by atoms with Crippen LogP contribution in [0.3, 0.4) is 0 Å². The predicted octanol–water partition coefficient (Wildman–Crippen LogP) is 28.7. The van der Waals surface area contributed by atoms with E-state index >= 15 is 0 Å². The smallest absolute Gasteiger partial charge is 0.508 e. The third kappa shape index (κ3) is 48.4. The number of benzene rings is 8. The first kappa shape index (κ1) is 133. The number of hydrogen-bond acceptors (Lipinski definition) is 22. The lowest BCUT2D eigenvalue weighted by molar-refractivity contribution is -0.330. The Labute approximate surface area is 814 Å². The van der Waals surface area contributed by atoms with Crippen molar-refractivity contribution in [1.82, 2.24) is 0 Å². The van der Waals surface area contributed by atoms with Crippen LogP contribution >= 0.6 is 0 Å². The van der Waals surface area contributed by atoms with Crippen molar-refractivity contribution in [3.8, 4) is 57.5 Å². The summed E-state index contributed by atoms with van der Waals surface area (Å²) in [7, 11) is 4.08. The summed E-state index contributed by atoms with van der Waals surface area (Å²) < 4.78 is 229. The number of ether oxygens (including phenoxy) is 19. The fraction of sp³-hybridized carbons (Fsp3) is 0.491. The first-order valence-corrected chi connectivity index (χ1v) is 42.0. The molecule has 1 N–H and O–H groups in total. The van der Waals surface area contributed by atoms with Gasteiger partial charge in [-0.25, -0.2) is 4.39 Å². The van der Waals surface area contributed by atoms with Crippen LogP contribution in [0, 0.1) is 5.82 Å². The Balaban J connectivity index is -0.000000852. The van der Waals surface area contributed by atoms with Crippen molar-refractivity contribution in [3.05, 3.63) is 249 Å². The number of rotatable bonds is 51. The molecule has 0 aliphatic rings. The van der Waals surface area contributed by atoms with E-state index in [1.54, 1.807) is 12.1 Å². The lowest BCUT2D eigenvalue weighted by atomic mass is 9.82. The van der Waals surface area contributed by atoms with Gasteiger partial charge in [0.1, 0.15) is 156 Å². The molecule has 0 radical (unpaired) electrons. The molecule has 8 aromatic rings. The summed E-state index contributed by atoms with van der Waals surface area (Å²) in [6.45, 7) is 30.3. The maximum Gasteiger partial charge on any atom is 0.522 e. The highest BCUT2D eigenvalue weighted by Gasteiger charge is 2.35. The van der Waals surface area contributed by atoms with Crippen LogP contribution in [0.2, 0.25) is 0 Å². The molecule has 2 atom stereocenters. The SMILES string of the molecule is C.C.C.C.C.C.C.C.C=COCc1cc(F)cc(COC=C)c1OCCOc1ccc(C(C)(C)CC)cc1.CCC(C)(C)c1ccc(OCCOc2c(COCOC)cc(C(F)(F)F)cc2COCOC)cc1.CCC(C)c1ccc(OCCOc2c(COC(C)=O)cc(O)cc2COC(C)=O)cc1.CCC(C)c1ccc(OCCOc2c(COC(F)(F)F)cc(OC)cc2COC(F)(F)F)cc1. The van der Waals surface area contributed by atoms with Crippen molar-refractivity contribution >= 4 is 11.9 Å². The van der Waals surface area contributed by atoms with E-state index in [4.69, 9.17) is 80.5 Å². The Kier molecular flexibility index (Phi) is 65.6. The minimum atomic E-state index is -4.95. The molecule has 2 unspecified atom stereocenters. The number of carbonyl (C=O) groups excluding carboxylic acids is 2. The van der Waals surface area contributed by atoms with Gasteiger partial charge in [-0.1, -0.05) is 190 Å². The summed E-state index contributed by atoms with van der Waals surface area (Å²) in [5.74, 6) is 3.23. The van der Waals surface area contributed by atoms with Crippen LogP contribution in [0.1, 0.15) is 252 Å². The van der Waals surface area contributed by atoms with Crippen molar-refractivity contribution < 1.29 is 149 Å². The predicted molar refractivity (Wildman–Crippen MR) is 522 cm³/mol. The van der Waals surface area contributed by atoms with E-state index in [2.05, 4.69) is 116 Å². The average molecular weight is 1970 g/mol. The zero-order valence-electron chi connectivity index (χ0n) is 76.4. The third-order valence-corrected chi connectivity index (χ3v) is 20.3. The van der Waals surface area contributed by atoms with Gasteiger partial charge in [0.05, 0.1) is 51.6 Å². The number of phenols is 1. The molecule has 0 bridgehead atoms. The number of alkyl halides is 9.